The van der Waals surface area contributed by atoms with E-state index < -0.39 is 11.5 Å². The van der Waals surface area contributed by atoms with E-state index >= 15 is 0 Å². The van der Waals surface area contributed by atoms with Crippen LogP contribution in [0, 0.1) is 5.41 Å². The van der Waals surface area contributed by atoms with E-state index in [2.05, 4.69) is 21.5 Å². The minimum atomic E-state index is -1.07. The quantitative estimate of drug-likeness (QED) is 0.463. The lowest BCUT2D eigenvalue weighted by Gasteiger charge is -2.69. The molecule has 0 radical (unpaired) electrons. The van der Waals surface area contributed by atoms with Crippen molar-refractivity contribution < 1.29 is 18.7 Å². The van der Waals surface area contributed by atoms with Gasteiger partial charge in [-0.25, -0.2) is 4.39 Å². The third-order valence-corrected chi connectivity index (χ3v) is 7.17. The fourth-order valence-corrected chi connectivity index (χ4v) is 5.39. The number of hydrazine groups is 1. The molecular weight excluding hydrogens is 387 g/mol. The maximum Gasteiger partial charge on any atom is 0.246 e. The van der Waals surface area contributed by atoms with E-state index in [1.807, 2.05) is 0 Å². The molecule has 9 heteroatoms. The third kappa shape index (κ3) is 4.15. The predicted octanol–water partition coefficient (Wildman–Crippen LogP) is 0.913. The molecule has 0 aromatic rings. The number of ether oxygens (including phenoxy) is 1. The van der Waals surface area contributed by atoms with Crippen molar-refractivity contribution in [3.05, 3.63) is 0 Å². The zero-order valence-corrected chi connectivity index (χ0v) is 16.8. The molecule has 158 valence electrons. The molecule has 1 heterocycles. The largest absolute Gasteiger partial charge is 0.368 e. The van der Waals surface area contributed by atoms with Gasteiger partial charge in [-0.05, 0) is 44.9 Å². The number of nitrogens with one attached hydrogen (secondary N) is 4. The first-order chi connectivity index (χ1) is 13.4. The molecule has 5 fully saturated rings. The number of carbonyl (C=O) groups is 2. The van der Waals surface area contributed by atoms with Gasteiger partial charge in [0.2, 0.25) is 11.8 Å². The van der Waals surface area contributed by atoms with E-state index in [1.165, 1.54) is 0 Å². The highest BCUT2D eigenvalue weighted by molar-refractivity contribution is 6.21. The maximum absolute atomic E-state index is 13.6. The Labute approximate surface area is 169 Å². The van der Waals surface area contributed by atoms with Crippen LogP contribution in [0.3, 0.4) is 0 Å². The molecule has 4 unspecified atom stereocenters. The molecule has 5 aliphatic rings. The Kier molecular flexibility index (Phi) is 5.84. The minimum absolute atomic E-state index is 0.0639. The van der Waals surface area contributed by atoms with E-state index in [0.717, 1.165) is 19.4 Å². The summed E-state index contributed by atoms with van der Waals surface area (Å²) in [7, 11) is 0. The van der Waals surface area contributed by atoms with Crippen LogP contribution in [0.5, 0.6) is 0 Å². The smallest absolute Gasteiger partial charge is 0.246 e. The van der Waals surface area contributed by atoms with Gasteiger partial charge in [0.15, 0.2) is 0 Å². The van der Waals surface area contributed by atoms with E-state index in [9.17, 15) is 14.0 Å². The van der Waals surface area contributed by atoms with Crippen molar-refractivity contribution in [1.29, 1.82) is 0 Å². The fourth-order valence-electron chi connectivity index (χ4n) is 5.16. The Morgan fingerprint density at radius 3 is 2.68 bits per heavy atom. The van der Waals surface area contributed by atoms with E-state index in [-0.39, 0.29) is 47.9 Å². The Balaban J connectivity index is 1.13. The van der Waals surface area contributed by atoms with Crippen molar-refractivity contribution in [2.45, 2.75) is 80.6 Å². The summed E-state index contributed by atoms with van der Waals surface area (Å²) in [4.78, 5) is 24.7. The standard InChI is InChI=1S/C19H30ClFN4O3/c20-14-4-3-13(6-15(14)21)28-8-16(26)24-19-9-18(10-19,11-19)17(27)22-7-12-2-1-5-23-25-12/h12-15,23,25H,1-11H2,(H,22,27)(H,24,26). The average molecular weight is 417 g/mol. The molecule has 4 aliphatic carbocycles. The van der Waals surface area contributed by atoms with Gasteiger partial charge in [0.1, 0.15) is 12.8 Å². The zero-order chi connectivity index (χ0) is 19.8. The molecule has 4 atom stereocenters. The molecular formula is C19H30ClFN4O3. The Morgan fingerprint density at radius 2 is 2.00 bits per heavy atom. The van der Waals surface area contributed by atoms with E-state index in [4.69, 9.17) is 16.3 Å². The van der Waals surface area contributed by atoms with Gasteiger partial charge in [0.25, 0.3) is 0 Å². The van der Waals surface area contributed by atoms with Gasteiger partial charge in [-0.2, -0.15) is 0 Å². The zero-order valence-electron chi connectivity index (χ0n) is 16.1. The molecule has 4 N–H and O–H groups in total. The van der Waals surface area contributed by atoms with Crippen LogP contribution in [0.25, 0.3) is 0 Å². The lowest BCUT2D eigenvalue weighted by molar-refractivity contribution is -0.184. The number of hydrogen-bond donors (Lipinski definition) is 4. The second-order valence-corrected chi connectivity index (χ2v) is 9.60. The normalized spacial score (nSPS) is 42.1. The second-order valence-electron chi connectivity index (χ2n) is 9.04. The first-order valence-electron chi connectivity index (χ1n) is 10.4. The van der Waals surface area contributed by atoms with Crippen LogP contribution >= 0.6 is 11.6 Å². The lowest BCUT2D eigenvalue weighted by Crippen LogP contribution is -2.78. The Morgan fingerprint density at radius 1 is 1.21 bits per heavy atom. The molecule has 7 nitrogen and oxygen atoms in total. The van der Waals surface area contributed by atoms with Crippen LogP contribution in [0.15, 0.2) is 0 Å². The Hall–Kier alpha value is -0.960. The number of alkyl halides is 2. The highest BCUT2D eigenvalue weighted by atomic mass is 35.5. The van der Waals surface area contributed by atoms with E-state index in [0.29, 0.717) is 38.6 Å². The van der Waals surface area contributed by atoms with Crippen LogP contribution < -0.4 is 21.5 Å². The molecule has 28 heavy (non-hydrogen) atoms. The predicted molar refractivity (Wildman–Crippen MR) is 102 cm³/mol. The van der Waals surface area contributed by atoms with E-state index in [1.54, 1.807) is 0 Å². The summed E-state index contributed by atoms with van der Waals surface area (Å²) >= 11 is 5.87. The van der Waals surface area contributed by atoms with Gasteiger partial charge in [-0.1, -0.05) is 0 Å². The summed E-state index contributed by atoms with van der Waals surface area (Å²) in [6.07, 6.45) is 4.42. The number of halogens is 2. The van der Waals surface area contributed by atoms with Crippen LogP contribution in [-0.4, -0.2) is 60.7 Å². The lowest BCUT2D eigenvalue weighted by atomic mass is 9.39. The van der Waals surface area contributed by atoms with Crippen LogP contribution in [0.4, 0.5) is 4.39 Å². The van der Waals surface area contributed by atoms with Crippen LogP contribution in [0.2, 0.25) is 0 Å². The van der Waals surface area contributed by atoms with Crippen molar-refractivity contribution in [2.24, 2.45) is 5.41 Å². The van der Waals surface area contributed by atoms with Gasteiger partial charge < -0.3 is 15.4 Å². The van der Waals surface area contributed by atoms with Gasteiger partial charge in [-0.15, -0.1) is 11.6 Å². The van der Waals surface area contributed by atoms with Gasteiger partial charge in [0.05, 0.1) is 16.9 Å². The first-order valence-corrected chi connectivity index (χ1v) is 10.8. The molecule has 1 aliphatic heterocycles. The Bertz CT molecular complexity index is 596. The number of hydrogen-bond acceptors (Lipinski definition) is 5. The van der Waals surface area contributed by atoms with Gasteiger partial charge in [0, 0.05) is 31.1 Å². The molecule has 0 spiro atoms. The fraction of sp³-hybridized carbons (Fsp3) is 0.895. The molecule has 2 amide bonds. The summed E-state index contributed by atoms with van der Waals surface area (Å²) in [5.74, 6) is -0.0892. The van der Waals surface area contributed by atoms with Crippen LogP contribution in [0.1, 0.15) is 51.4 Å². The molecule has 0 aromatic heterocycles. The number of amides is 2. The van der Waals surface area contributed by atoms with Gasteiger partial charge in [-0.3, -0.25) is 20.4 Å². The monoisotopic (exact) mass is 416 g/mol. The number of carbonyl (C=O) groups excluding carboxylic acids is 2. The van der Waals surface area contributed by atoms with Gasteiger partial charge >= 0.3 is 0 Å². The topological polar surface area (TPSA) is 91.5 Å². The van der Waals surface area contributed by atoms with Crippen molar-refractivity contribution >= 4 is 23.4 Å². The van der Waals surface area contributed by atoms with Crippen LogP contribution in [-0.2, 0) is 14.3 Å². The molecule has 4 saturated carbocycles. The molecule has 2 bridgehead atoms. The van der Waals surface area contributed by atoms with Crippen molar-refractivity contribution in [3.8, 4) is 0 Å². The SMILES string of the molecule is O=C(COC1CCC(Cl)C(F)C1)NC12CC(C(=O)NCC3CCCNN3)(C1)C2. The first kappa shape index (κ1) is 20.3. The summed E-state index contributed by atoms with van der Waals surface area (Å²) in [6.45, 7) is 1.52. The van der Waals surface area contributed by atoms with Crippen molar-refractivity contribution in [1.82, 2.24) is 21.5 Å². The average Bonchev–Trinajstić information content (AvgIpc) is 2.63. The summed E-state index contributed by atoms with van der Waals surface area (Å²) in [5.41, 5.74) is 5.74. The molecule has 0 aromatic carbocycles. The molecule has 5 rings (SSSR count). The minimum Gasteiger partial charge on any atom is -0.368 e. The summed E-state index contributed by atoms with van der Waals surface area (Å²) in [6, 6.07) is 0.272. The molecule has 1 saturated heterocycles. The summed E-state index contributed by atoms with van der Waals surface area (Å²) in [5, 5.41) is 5.63. The third-order valence-electron chi connectivity index (χ3n) is 6.68. The highest BCUT2D eigenvalue weighted by Gasteiger charge is 2.72. The second kappa shape index (κ2) is 8.05. The number of rotatable bonds is 7. The maximum atomic E-state index is 13.6. The summed E-state index contributed by atoms with van der Waals surface area (Å²) < 4.78 is 19.2. The highest BCUT2D eigenvalue weighted by Crippen LogP contribution is 2.67. The van der Waals surface area contributed by atoms with Crippen molar-refractivity contribution in [2.75, 3.05) is 19.7 Å². The van der Waals surface area contributed by atoms with Crippen molar-refractivity contribution in [3.63, 3.8) is 0 Å².